The molecule has 106 valence electrons. The number of hydrogen-bond acceptors (Lipinski definition) is 3. The van der Waals surface area contributed by atoms with E-state index in [9.17, 15) is 0 Å². The molecule has 0 bridgehead atoms. The molecule has 3 nitrogen and oxygen atoms in total. The lowest BCUT2D eigenvalue weighted by Crippen LogP contribution is -2.09. The molecule has 0 fully saturated rings. The van der Waals surface area contributed by atoms with Crippen LogP contribution in [0.4, 0.5) is 0 Å². The molecule has 0 aliphatic heterocycles. The van der Waals surface area contributed by atoms with E-state index in [2.05, 4.69) is 0 Å². The zero-order chi connectivity index (χ0) is 14.2. The largest absolute Gasteiger partial charge is 0.490 e. The zero-order valence-electron chi connectivity index (χ0n) is 11.1. The van der Waals surface area contributed by atoms with E-state index in [1.165, 1.54) is 0 Å². The Morgan fingerprint density at radius 1 is 0.900 bits per heavy atom. The van der Waals surface area contributed by atoms with Crippen LogP contribution in [0.2, 0.25) is 5.02 Å². The number of aliphatic hydroxyl groups excluding tert-OH is 1. The minimum Gasteiger partial charge on any atom is -0.490 e. The maximum absolute atomic E-state index is 8.58. The van der Waals surface area contributed by atoms with Crippen molar-refractivity contribution < 1.29 is 14.6 Å². The van der Waals surface area contributed by atoms with E-state index < -0.39 is 0 Å². The number of hydrogen-bond donors (Lipinski definition) is 1. The first-order valence-electron chi connectivity index (χ1n) is 6.47. The van der Waals surface area contributed by atoms with Gasteiger partial charge in [0.2, 0.25) is 0 Å². The quantitative estimate of drug-likeness (QED) is 0.795. The molecule has 2 rings (SSSR count). The van der Waals surface area contributed by atoms with Gasteiger partial charge in [-0.3, -0.25) is 0 Å². The Bertz CT molecular complexity index is 529. The van der Waals surface area contributed by atoms with E-state index in [-0.39, 0.29) is 6.61 Å². The van der Waals surface area contributed by atoms with Crippen molar-refractivity contribution in [3.63, 3.8) is 0 Å². The second kappa shape index (κ2) is 7.90. The van der Waals surface area contributed by atoms with Gasteiger partial charge in [0.05, 0.1) is 24.8 Å². The average molecular weight is 293 g/mol. The Morgan fingerprint density at radius 3 is 2.40 bits per heavy atom. The Kier molecular flexibility index (Phi) is 5.87. The van der Waals surface area contributed by atoms with Gasteiger partial charge in [-0.1, -0.05) is 48.0 Å². The molecule has 1 N–H and O–H groups in total. The predicted octanol–water partition coefficient (Wildman–Crippen LogP) is 3.39. The predicted molar refractivity (Wildman–Crippen MR) is 80.3 cm³/mol. The van der Waals surface area contributed by atoms with Crippen molar-refractivity contribution in [2.75, 3.05) is 26.4 Å². The summed E-state index contributed by atoms with van der Waals surface area (Å²) in [4.78, 5) is 0. The molecule has 0 spiro atoms. The standard InChI is InChI=1S/C16H17ClO3/c17-15-12-14(13-4-2-1-3-5-13)6-7-16(15)20-11-10-19-9-8-18/h1-7,12,18H,8-11H2. The van der Waals surface area contributed by atoms with E-state index in [0.29, 0.717) is 30.6 Å². The molecule has 0 atom stereocenters. The van der Waals surface area contributed by atoms with Gasteiger partial charge < -0.3 is 14.6 Å². The monoisotopic (exact) mass is 292 g/mol. The summed E-state index contributed by atoms with van der Waals surface area (Å²) in [5, 5.41) is 9.16. The molecular formula is C16H17ClO3. The van der Waals surface area contributed by atoms with Crippen molar-refractivity contribution in [1.29, 1.82) is 0 Å². The van der Waals surface area contributed by atoms with Crippen molar-refractivity contribution >= 4 is 11.6 Å². The second-order valence-corrected chi connectivity index (χ2v) is 4.60. The summed E-state index contributed by atoms with van der Waals surface area (Å²) in [7, 11) is 0. The van der Waals surface area contributed by atoms with E-state index in [0.717, 1.165) is 11.1 Å². The van der Waals surface area contributed by atoms with Crippen LogP contribution in [0.5, 0.6) is 5.75 Å². The highest BCUT2D eigenvalue weighted by molar-refractivity contribution is 6.32. The Labute approximate surface area is 123 Å². The second-order valence-electron chi connectivity index (χ2n) is 4.20. The molecule has 0 saturated carbocycles. The van der Waals surface area contributed by atoms with Crippen molar-refractivity contribution in [2.24, 2.45) is 0 Å². The molecule has 20 heavy (non-hydrogen) atoms. The summed E-state index contributed by atoms with van der Waals surface area (Å²) in [6.07, 6.45) is 0. The number of ether oxygens (including phenoxy) is 2. The third-order valence-corrected chi connectivity index (χ3v) is 3.06. The molecule has 2 aromatic rings. The van der Waals surface area contributed by atoms with Crippen LogP contribution < -0.4 is 4.74 Å². The highest BCUT2D eigenvalue weighted by Gasteiger charge is 2.04. The Morgan fingerprint density at radius 2 is 1.70 bits per heavy atom. The molecule has 0 aliphatic rings. The fraction of sp³-hybridized carbons (Fsp3) is 0.250. The van der Waals surface area contributed by atoms with Crippen LogP contribution in [0, 0.1) is 0 Å². The molecule has 2 aromatic carbocycles. The Balaban J connectivity index is 1.96. The van der Waals surface area contributed by atoms with Crippen LogP contribution in [-0.4, -0.2) is 31.5 Å². The van der Waals surface area contributed by atoms with Crippen molar-refractivity contribution in [3.05, 3.63) is 53.6 Å². The first-order valence-corrected chi connectivity index (χ1v) is 6.85. The summed E-state index contributed by atoms with van der Waals surface area (Å²) in [5.41, 5.74) is 2.17. The smallest absolute Gasteiger partial charge is 0.138 e. The van der Waals surface area contributed by atoms with Gasteiger partial charge in [-0.25, -0.2) is 0 Å². The summed E-state index contributed by atoms with van der Waals surface area (Å²) in [6, 6.07) is 15.8. The molecule has 0 aliphatic carbocycles. The third-order valence-electron chi connectivity index (χ3n) is 2.76. The van der Waals surface area contributed by atoms with E-state index in [1.807, 2.05) is 48.5 Å². The van der Waals surface area contributed by atoms with Gasteiger partial charge in [-0.05, 0) is 23.3 Å². The fourth-order valence-electron chi connectivity index (χ4n) is 1.81. The lowest BCUT2D eigenvalue weighted by atomic mass is 10.1. The van der Waals surface area contributed by atoms with Crippen LogP contribution in [0.3, 0.4) is 0 Å². The minimum absolute atomic E-state index is 0.0204. The average Bonchev–Trinajstić information content (AvgIpc) is 2.49. The SMILES string of the molecule is OCCOCCOc1ccc(-c2ccccc2)cc1Cl. The number of rotatable bonds is 7. The third kappa shape index (κ3) is 4.23. The summed E-state index contributed by atoms with van der Waals surface area (Å²) in [6.45, 7) is 1.18. The van der Waals surface area contributed by atoms with Gasteiger partial charge in [0.15, 0.2) is 0 Å². The van der Waals surface area contributed by atoms with Crippen molar-refractivity contribution in [1.82, 2.24) is 0 Å². The highest BCUT2D eigenvalue weighted by Crippen LogP contribution is 2.30. The topological polar surface area (TPSA) is 38.7 Å². The van der Waals surface area contributed by atoms with Crippen molar-refractivity contribution in [3.8, 4) is 16.9 Å². The zero-order valence-corrected chi connectivity index (χ0v) is 11.8. The van der Waals surface area contributed by atoms with E-state index in [1.54, 1.807) is 0 Å². The lowest BCUT2D eigenvalue weighted by molar-refractivity contribution is 0.0705. The van der Waals surface area contributed by atoms with Crippen LogP contribution in [0.25, 0.3) is 11.1 Å². The highest BCUT2D eigenvalue weighted by atomic mass is 35.5. The van der Waals surface area contributed by atoms with Crippen LogP contribution >= 0.6 is 11.6 Å². The molecular weight excluding hydrogens is 276 g/mol. The molecule has 0 amide bonds. The van der Waals surface area contributed by atoms with Gasteiger partial charge >= 0.3 is 0 Å². The molecule has 0 unspecified atom stereocenters. The number of halogens is 1. The number of aliphatic hydroxyl groups is 1. The Hall–Kier alpha value is -1.55. The molecule has 0 aromatic heterocycles. The maximum Gasteiger partial charge on any atom is 0.138 e. The van der Waals surface area contributed by atoms with Gasteiger partial charge in [0.25, 0.3) is 0 Å². The molecule has 0 saturated heterocycles. The first kappa shape index (κ1) is 14.9. The van der Waals surface area contributed by atoms with Crippen molar-refractivity contribution in [2.45, 2.75) is 0 Å². The van der Waals surface area contributed by atoms with Crippen LogP contribution in [0.1, 0.15) is 0 Å². The molecule has 4 heteroatoms. The van der Waals surface area contributed by atoms with Gasteiger partial charge in [-0.15, -0.1) is 0 Å². The summed E-state index contributed by atoms with van der Waals surface area (Å²) < 4.78 is 10.7. The van der Waals surface area contributed by atoms with Crippen LogP contribution in [0.15, 0.2) is 48.5 Å². The first-order chi connectivity index (χ1) is 9.81. The summed E-state index contributed by atoms with van der Waals surface area (Å²) >= 11 is 6.21. The van der Waals surface area contributed by atoms with Gasteiger partial charge in [0.1, 0.15) is 12.4 Å². The molecule has 0 heterocycles. The van der Waals surface area contributed by atoms with E-state index in [4.69, 9.17) is 26.2 Å². The van der Waals surface area contributed by atoms with Gasteiger partial charge in [-0.2, -0.15) is 0 Å². The maximum atomic E-state index is 8.58. The van der Waals surface area contributed by atoms with Crippen LogP contribution in [-0.2, 0) is 4.74 Å². The summed E-state index contributed by atoms with van der Waals surface area (Å²) in [5.74, 6) is 0.638. The lowest BCUT2D eigenvalue weighted by Gasteiger charge is -2.10. The normalized spacial score (nSPS) is 10.5. The fourth-order valence-corrected chi connectivity index (χ4v) is 2.04. The van der Waals surface area contributed by atoms with E-state index >= 15 is 0 Å². The minimum atomic E-state index is 0.0204. The van der Waals surface area contributed by atoms with Gasteiger partial charge in [0, 0.05) is 0 Å². The number of benzene rings is 2. The molecule has 0 radical (unpaired) electrons.